The molecule has 6 nitrogen and oxygen atoms in total. The van der Waals surface area contributed by atoms with Crippen LogP contribution in [-0.2, 0) is 28.6 Å². The van der Waals surface area contributed by atoms with E-state index in [0.717, 1.165) is 0 Å². The molecule has 0 aliphatic heterocycles. The topological polar surface area (TPSA) is 78.9 Å². The van der Waals surface area contributed by atoms with Crippen LogP contribution in [0.3, 0.4) is 0 Å². The van der Waals surface area contributed by atoms with Crippen molar-refractivity contribution in [2.24, 2.45) is 0 Å². The Morgan fingerprint density at radius 1 is 0.923 bits per heavy atom. The first-order valence-electron chi connectivity index (χ1n) is 3.44. The van der Waals surface area contributed by atoms with Crippen LogP contribution in [0.15, 0.2) is 0 Å². The standard InChI is InChI=1S/C7H10O6/c1-5(8)11-3-7(10)13-4-12-6(2)9/h3-4H2,1-2H3. The van der Waals surface area contributed by atoms with Gasteiger partial charge < -0.3 is 14.2 Å². The predicted molar refractivity (Wildman–Crippen MR) is 39.4 cm³/mol. The first-order chi connectivity index (χ1) is 6.02. The zero-order valence-corrected chi connectivity index (χ0v) is 7.36. The van der Waals surface area contributed by atoms with Crippen LogP contribution in [0, 0.1) is 0 Å². The molecule has 0 aliphatic rings. The Balaban J connectivity index is 3.41. The normalized spacial score (nSPS) is 8.77. The maximum atomic E-state index is 10.6. The Morgan fingerprint density at radius 3 is 1.92 bits per heavy atom. The molecule has 0 radical (unpaired) electrons. The second-order valence-corrected chi connectivity index (χ2v) is 2.05. The summed E-state index contributed by atoms with van der Waals surface area (Å²) >= 11 is 0. The summed E-state index contributed by atoms with van der Waals surface area (Å²) in [5, 5.41) is 0. The second kappa shape index (κ2) is 5.99. The highest BCUT2D eigenvalue weighted by atomic mass is 16.7. The number of hydrogen-bond acceptors (Lipinski definition) is 6. The lowest BCUT2D eigenvalue weighted by molar-refractivity contribution is -0.171. The third-order valence-corrected chi connectivity index (χ3v) is 0.875. The maximum Gasteiger partial charge on any atom is 0.347 e. The molecule has 0 saturated heterocycles. The molecular weight excluding hydrogens is 180 g/mol. The lowest BCUT2D eigenvalue weighted by atomic mass is 10.7. The quantitative estimate of drug-likeness (QED) is 0.444. The van der Waals surface area contributed by atoms with Crippen molar-refractivity contribution in [1.82, 2.24) is 0 Å². The van der Waals surface area contributed by atoms with Gasteiger partial charge in [-0.05, 0) is 0 Å². The molecule has 0 aliphatic carbocycles. The molecule has 0 unspecified atom stereocenters. The van der Waals surface area contributed by atoms with Gasteiger partial charge in [0.15, 0.2) is 6.61 Å². The Bertz CT molecular complexity index is 209. The third-order valence-electron chi connectivity index (χ3n) is 0.875. The van der Waals surface area contributed by atoms with Crippen molar-refractivity contribution in [2.45, 2.75) is 13.8 Å². The molecule has 0 rings (SSSR count). The van der Waals surface area contributed by atoms with E-state index in [1.165, 1.54) is 13.8 Å². The zero-order valence-electron chi connectivity index (χ0n) is 7.36. The number of ether oxygens (including phenoxy) is 3. The number of carbonyl (C=O) groups excluding carboxylic acids is 3. The Kier molecular flexibility index (Phi) is 5.25. The van der Waals surface area contributed by atoms with Crippen molar-refractivity contribution in [3.8, 4) is 0 Å². The summed E-state index contributed by atoms with van der Waals surface area (Å²) in [5.41, 5.74) is 0. The Labute approximate surface area is 74.8 Å². The van der Waals surface area contributed by atoms with Crippen LogP contribution in [0.5, 0.6) is 0 Å². The predicted octanol–water partition coefficient (Wildman–Crippen LogP) is -0.387. The van der Waals surface area contributed by atoms with E-state index in [2.05, 4.69) is 14.2 Å². The van der Waals surface area contributed by atoms with E-state index < -0.39 is 31.3 Å². The number of hydrogen-bond donors (Lipinski definition) is 0. The average Bonchev–Trinajstić information content (AvgIpc) is 2.00. The molecule has 13 heavy (non-hydrogen) atoms. The van der Waals surface area contributed by atoms with Crippen molar-refractivity contribution in [1.29, 1.82) is 0 Å². The highest BCUT2D eigenvalue weighted by molar-refractivity contribution is 5.75. The van der Waals surface area contributed by atoms with Gasteiger partial charge in [-0.3, -0.25) is 9.59 Å². The molecule has 0 aromatic carbocycles. The van der Waals surface area contributed by atoms with E-state index in [1.54, 1.807) is 0 Å². The van der Waals surface area contributed by atoms with Gasteiger partial charge in [0.1, 0.15) is 0 Å². The van der Waals surface area contributed by atoms with Crippen LogP contribution in [0.25, 0.3) is 0 Å². The van der Waals surface area contributed by atoms with Gasteiger partial charge in [0, 0.05) is 13.8 Å². The number of rotatable bonds is 4. The fourth-order valence-corrected chi connectivity index (χ4v) is 0.380. The summed E-state index contributed by atoms with van der Waals surface area (Å²) in [7, 11) is 0. The van der Waals surface area contributed by atoms with Crippen molar-refractivity contribution < 1.29 is 28.6 Å². The Hall–Kier alpha value is -1.59. The highest BCUT2D eigenvalue weighted by Crippen LogP contribution is 1.84. The van der Waals surface area contributed by atoms with E-state index in [1.807, 2.05) is 0 Å². The molecule has 0 aromatic rings. The summed E-state index contributed by atoms with van der Waals surface area (Å²) in [6, 6.07) is 0. The fourth-order valence-electron chi connectivity index (χ4n) is 0.380. The molecule has 0 heterocycles. The Morgan fingerprint density at radius 2 is 1.46 bits per heavy atom. The summed E-state index contributed by atoms with van der Waals surface area (Å²) in [6.07, 6.45) is 0. The first kappa shape index (κ1) is 11.4. The summed E-state index contributed by atoms with van der Waals surface area (Å²) in [5.74, 6) is -1.90. The number of esters is 3. The molecule has 0 fully saturated rings. The van der Waals surface area contributed by atoms with Gasteiger partial charge in [0.2, 0.25) is 6.79 Å². The van der Waals surface area contributed by atoms with Crippen molar-refractivity contribution >= 4 is 17.9 Å². The molecule has 0 aromatic heterocycles. The van der Waals surface area contributed by atoms with Crippen LogP contribution in [0.4, 0.5) is 0 Å². The largest absolute Gasteiger partial charge is 0.454 e. The third kappa shape index (κ3) is 8.32. The van der Waals surface area contributed by atoms with E-state index >= 15 is 0 Å². The molecular formula is C7H10O6. The van der Waals surface area contributed by atoms with Crippen LogP contribution >= 0.6 is 0 Å². The molecule has 0 amide bonds. The van der Waals surface area contributed by atoms with E-state index in [9.17, 15) is 14.4 Å². The minimum atomic E-state index is -0.767. The number of carbonyl (C=O) groups is 3. The fraction of sp³-hybridized carbons (Fsp3) is 0.571. The second-order valence-electron chi connectivity index (χ2n) is 2.05. The average molecular weight is 190 g/mol. The van der Waals surface area contributed by atoms with E-state index in [0.29, 0.717) is 0 Å². The lowest BCUT2D eigenvalue weighted by Crippen LogP contribution is -2.17. The molecule has 0 saturated carbocycles. The van der Waals surface area contributed by atoms with E-state index in [4.69, 9.17) is 0 Å². The summed E-state index contributed by atoms with van der Waals surface area (Å²) in [6.45, 7) is 1.41. The van der Waals surface area contributed by atoms with Crippen LogP contribution in [0.1, 0.15) is 13.8 Å². The lowest BCUT2D eigenvalue weighted by Gasteiger charge is -2.03. The maximum absolute atomic E-state index is 10.6. The van der Waals surface area contributed by atoms with Crippen LogP contribution in [-0.4, -0.2) is 31.3 Å². The van der Waals surface area contributed by atoms with E-state index in [-0.39, 0.29) is 0 Å². The van der Waals surface area contributed by atoms with Crippen LogP contribution in [0.2, 0.25) is 0 Å². The molecule has 0 bridgehead atoms. The summed E-state index contributed by atoms with van der Waals surface area (Å²) < 4.78 is 12.9. The van der Waals surface area contributed by atoms with Gasteiger partial charge in [-0.1, -0.05) is 0 Å². The van der Waals surface area contributed by atoms with Crippen molar-refractivity contribution in [3.63, 3.8) is 0 Å². The van der Waals surface area contributed by atoms with Crippen LogP contribution < -0.4 is 0 Å². The minimum absolute atomic E-state index is 0.463. The van der Waals surface area contributed by atoms with Gasteiger partial charge in [0.25, 0.3) is 0 Å². The SMILES string of the molecule is CC(=O)OCOC(=O)COC(C)=O. The molecule has 0 N–H and O–H groups in total. The molecule has 0 atom stereocenters. The van der Waals surface area contributed by atoms with Gasteiger partial charge in [-0.15, -0.1) is 0 Å². The highest BCUT2D eigenvalue weighted by Gasteiger charge is 2.05. The van der Waals surface area contributed by atoms with Gasteiger partial charge in [-0.25, -0.2) is 4.79 Å². The van der Waals surface area contributed by atoms with Gasteiger partial charge >= 0.3 is 17.9 Å². The summed E-state index contributed by atoms with van der Waals surface area (Å²) in [4.78, 5) is 31.0. The zero-order chi connectivity index (χ0) is 10.3. The van der Waals surface area contributed by atoms with Crippen molar-refractivity contribution in [2.75, 3.05) is 13.4 Å². The minimum Gasteiger partial charge on any atom is -0.454 e. The molecule has 74 valence electrons. The monoisotopic (exact) mass is 190 g/mol. The van der Waals surface area contributed by atoms with Crippen molar-refractivity contribution in [3.05, 3.63) is 0 Å². The first-order valence-corrected chi connectivity index (χ1v) is 3.44. The molecule has 0 spiro atoms. The van der Waals surface area contributed by atoms with Gasteiger partial charge in [0.05, 0.1) is 0 Å². The van der Waals surface area contributed by atoms with Gasteiger partial charge in [-0.2, -0.15) is 0 Å². The molecule has 6 heteroatoms. The smallest absolute Gasteiger partial charge is 0.347 e.